The molecule has 4 bridgehead atoms. The maximum absolute atomic E-state index is 13.0. The Bertz CT molecular complexity index is 685. The molecule has 5 aliphatic rings. The number of hydrogen-bond acceptors (Lipinski definition) is 4. The van der Waals surface area contributed by atoms with Crippen molar-refractivity contribution < 1.29 is 9.90 Å². The Kier molecular flexibility index (Phi) is 3.03. The third-order valence-corrected chi connectivity index (χ3v) is 7.01. The molecule has 1 unspecified atom stereocenters. The molecule has 0 aromatic carbocycles. The first-order valence-corrected chi connectivity index (χ1v) is 9.27. The van der Waals surface area contributed by atoms with E-state index in [2.05, 4.69) is 15.2 Å². The summed E-state index contributed by atoms with van der Waals surface area (Å²) in [4.78, 5) is 19.6. The Morgan fingerprint density at radius 1 is 1.38 bits per heavy atom. The van der Waals surface area contributed by atoms with Crippen molar-refractivity contribution in [2.45, 2.75) is 44.8 Å². The van der Waals surface area contributed by atoms with E-state index in [0.29, 0.717) is 23.8 Å². The summed E-state index contributed by atoms with van der Waals surface area (Å²) in [6, 6.07) is 6.41. The van der Waals surface area contributed by atoms with E-state index >= 15 is 0 Å². The number of likely N-dealkylation sites (tertiary alicyclic amines) is 1. The minimum atomic E-state index is -0.203. The zero-order valence-electron chi connectivity index (χ0n) is 14.1. The van der Waals surface area contributed by atoms with Crippen LogP contribution < -0.4 is 5.32 Å². The summed E-state index contributed by atoms with van der Waals surface area (Å²) < 4.78 is 0. The lowest BCUT2D eigenvalue weighted by atomic mass is 9.98. The van der Waals surface area contributed by atoms with Crippen molar-refractivity contribution in [2.24, 2.45) is 23.2 Å². The molecular weight excluding hydrogens is 302 g/mol. The van der Waals surface area contributed by atoms with Gasteiger partial charge in [0.15, 0.2) is 0 Å². The molecule has 5 atom stereocenters. The van der Waals surface area contributed by atoms with E-state index in [1.54, 1.807) is 0 Å². The molecule has 0 radical (unpaired) electrons. The Balaban J connectivity index is 1.20. The molecule has 0 spiro atoms. The summed E-state index contributed by atoms with van der Waals surface area (Å²) >= 11 is 0. The topological polar surface area (TPSA) is 65.5 Å². The fraction of sp³-hybridized carbons (Fsp3) is 0.684. The lowest BCUT2D eigenvalue weighted by Gasteiger charge is -2.34. The Morgan fingerprint density at radius 3 is 2.75 bits per heavy atom. The van der Waals surface area contributed by atoms with Gasteiger partial charge in [0, 0.05) is 30.7 Å². The van der Waals surface area contributed by atoms with Gasteiger partial charge in [-0.1, -0.05) is 6.07 Å². The van der Waals surface area contributed by atoms with Crippen LogP contribution in [0.3, 0.4) is 0 Å². The van der Waals surface area contributed by atoms with Gasteiger partial charge in [-0.25, -0.2) is 4.98 Å². The highest BCUT2D eigenvalue weighted by atomic mass is 16.3. The van der Waals surface area contributed by atoms with Crippen molar-refractivity contribution in [3.8, 4) is 0 Å². The number of aromatic nitrogens is 1. The number of nitrogens with zero attached hydrogens (tertiary/aromatic N) is 2. The number of nitrogens with one attached hydrogen (secondary N) is 1. The quantitative estimate of drug-likeness (QED) is 0.889. The van der Waals surface area contributed by atoms with Gasteiger partial charge in [0.05, 0.1) is 11.5 Å². The van der Waals surface area contributed by atoms with Crippen LogP contribution in [0, 0.1) is 30.1 Å². The van der Waals surface area contributed by atoms with Crippen molar-refractivity contribution >= 4 is 11.7 Å². The molecule has 5 heteroatoms. The lowest BCUT2D eigenvalue weighted by Crippen LogP contribution is -2.45. The molecule has 1 aliphatic heterocycles. The number of aliphatic hydroxyl groups excluding tert-OH is 1. The first-order chi connectivity index (χ1) is 11.6. The van der Waals surface area contributed by atoms with Crippen molar-refractivity contribution in [1.29, 1.82) is 0 Å². The molecule has 1 amide bonds. The summed E-state index contributed by atoms with van der Waals surface area (Å²) in [6.45, 7) is 3.65. The van der Waals surface area contributed by atoms with Gasteiger partial charge in [0.2, 0.25) is 5.91 Å². The highest BCUT2D eigenvalue weighted by Gasteiger charge is 2.82. The zero-order valence-corrected chi connectivity index (χ0v) is 14.1. The van der Waals surface area contributed by atoms with E-state index in [0.717, 1.165) is 50.3 Å². The number of aryl methyl sites for hydroxylation is 1. The SMILES string of the molecule is Cc1cccc(NC2CCN(C(=O)[C@]34C[C@@H]5C[C@@H]3C4[C@H]5O)CC2)n1. The minimum Gasteiger partial charge on any atom is -0.393 e. The summed E-state index contributed by atoms with van der Waals surface area (Å²) in [7, 11) is 0. The number of piperidine rings is 1. The van der Waals surface area contributed by atoms with E-state index in [-0.39, 0.29) is 17.4 Å². The predicted octanol–water partition coefficient (Wildman–Crippen LogP) is 1.81. The Morgan fingerprint density at radius 2 is 2.17 bits per heavy atom. The molecular formula is C19H25N3O2. The highest BCUT2D eigenvalue weighted by Crippen LogP contribution is 2.79. The van der Waals surface area contributed by atoms with Crippen LogP contribution in [0.1, 0.15) is 31.4 Å². The summed E-state index contributed by atoms with van der Waals surface area (Å²) in [5.74, 6) is 2.43. The lowest BCUT2D eigenvalue weighted by molar-refractivity contribution is -0.138. The summed E-state index contributed by atoms with van der Waals surface area (Å²) in [5.41, 5.74) is 0.855. The molecule has 2 N–H and O–H groups in total. The standard InChI is InChI=1S/C19H25N3O2/c1-11-3-2-4-15(20-11)21-13-5-7-22(8-6-13)18(24)19-10-12-9-14(19)16(19)17(12)23/h2-4,12-14,16-17,23H,5-10H2,1H3,(H,20,21)/t12-,14+,16?,17-,19+/m0/s1. The highest BCUT2D eigenvalue weighted by molar-refractivity contribution is 5.88. The first kappa shape index (κ1) is 14.7. The monoisotopic (exact) mass is 327 g/mol. The summed E-state index contributed by atoms with van der Waals surface area (Å²) in [6.07, 6.45) is 3.76. The van der Waals surface area contributed by atoms with Gasteiger partial charge < -0.3 is 15.3 Å². The maximum Gasteiger partial charge on any atom is 0.229 e. The third-order valence-electron chi connectivity index (χ3n) is 7.01. The van der Waals surface area contributed by atoms with Gasteiger partial charge in [-0.05, 0) is 56.6 Å². The normalized spacial score (nSPS) is 40.0. The number of carbonyl (C=O) groups excluding carboxylic acids is 1. The molecule has 5 fully saturated rings. The fourth-order valence-corrected chi connectivity index (χ4v) is 5.88. The van der Waals surface area contributed by atoms with Crippen molar-refractivity contribution in [1.82, 2.24) is 9.88 Å². The van der Waals surface area contributed by atoms with Crippen LogP contribution in [0.25, 0.3) is 0 Å². The van der Waals surface area contributed by atoms with Crippen LogP contribution in [-0.4, -0.2) is 46.1 Å². The van der Waals surface area contributed by atoms with Gasteiger partial charge >= 0.3 is 0 Å². The average molecular weight is 327 g/mol. The Hall–Kier alpha value is -1.62. The van der Waals surface area contributed by atoms with Gasteiger partial charge in [-0.2, -0.15) is 0 Å². The molecule has 1 aromatic heterocycles. The summed E-state index contributed by atoms with van der Waals surface area (Å²) in [5, 5.41) is 13.7. The fourth-order valence-electron chi connectivity index (χ4n) is 5.88. The largest absolute Gasteiger partial charge is 0.393 e. The second kappa shape index (κ2) is 4.94. The van der Waals surface area contributed by atoms with Gasteiger partial charge in [-0.15, -0.1) is 0 Å². The van der Waals surface area contributed by atoms with Crippen molar-refractivity contribution in [3.63, 3.8) is 0 Å². The van der Waals surface area contributed by atoms with E-state index in [1.165, 1.54) is 0 Å². The molecule has 24 heavy (non-hydrogen) atoms. The average Bonchev–Trinajstić information content (AvgIpc) is 2.86. The second-order valence-corrected chi connectivity index (χ2v) is 8.24. The number of aliphatic hydroxyl groups is 1. The van der Waals surface area contributed by atoms with Crippen LogP contribution in [-0.2, 0) is 4.79 Å². The zero-order chi connectivity index (χ0) is 16.5. The van der Waals surface area contributed by atoms with E-state index in [9.17, 15) is 9.90 Å². The van der Waals surface area contributed by atoms with Crippen LogP contribution in [0.2, 0.25) is 0 Å². The molecule has 1 aromatic rings. The van der Waals surface area contributed by atoms with Crippen LogP contribution in [0.15, 0.2) is 18.2 Å². The molecule has 4 aliphatic carbocycles. The minimum absolute atomic E-state index is 0.164. The number of carbonyl (C=O) groups is 1. The molecule has 6 rings (SSSR count). The van der Waals surface area contributed by atoms with Crippen molar-refractivity contribution in [2.75, 3.05) is 18.4 Å². The third kappa shape index (κ3) is 1.91. The van der Waals surface area contributed by atoms with Crippen LogP contribution in [0.5, 0.6) is 0 Å². The molecule has 128 valence electrons. The number of pyridine rings is 1. The predicted molar refractivity (Wildman–Crippen MR) is 90.3 cm³/mol. The molecule has 4 saturated carbocycles. The van der Waals surface area contributed by atoms with Crippen LogP contribution >= 0.6 is 0 Å². The van der Waals surface area contributed by atoms with E-state index in [4.69, 9.17) is 0 Å². The van der Waals surface area contributed by atoms with Gasteiger partial charge in [0.1, 0.15) is 5.82 Å². The number of anilines is 1. The van der Waals surface area contributed by atoms with E-state index in [1.807, 2.05) is 25.1 Å². The second-order valence-electron chi connectivity index (χ2n) is 8.24. The smallest absolute Gasteiger partial charge is 0.229 e. The number of amides is 1. The number of rotatable bonds is 3. The van der Waals surface area contributed by atoms with Gasteiger partial charge in [-0.3, -0.25) is 4.79 Å². The molecule has 2 heterocycles. The van der Waals surface area contributed by atoms with Crippen LogP contribution in [0.4, 0.5) is 5.82 Å². The Labute approximate surface area is 142 Å². The maximum atomic E-state index is 13.0. The van der Waals surface area contributed by atoms with E-state index < -0.39 is 0 Å². The number of hydrogen-bond donors (Lipinski definition) is 2. The van der Waals surface area contributed by atoms with Gasteiger partial charge in [0.25, 0.3) is 0 Å². The molecule has 1 saturated heterocycles. The molecule has 5 nitrogen and oxygen atoms in total. The first-order valence-electron chi connectivity index (χ1n) is 9.27. The van der Waals surface area contributed by atoms with Crippen molar-refractivity contribution in [3.05, 3.63) is 23.9 Å².